The molecule has 0 radical (unpaired) electrons. The number of nitrogens with one attached hydrogen (secondary N) is 1. The Morgan fingerprint density at radius 2 is 1.87 bits per heavy atom. The third-order valence-electron chi connectivity index (χ3n) is 4.74. The van der Waals surface area contributed by atoms with Crippen LogP contribution in [0.3, 0.4) is 0 Å². The number of benzene rings is 2. The zero-order valence-corrected chi connectivity index (χ0v) is 18.8. The molecule has 0 spiro atoms. The van der Waals surface area contributed by atoms with Crippen molar-refractivity contribution in [2.45, 2.75) is 26.4 Å². The number of amides is 1. The Morgan fingerprint density at radius 3 is 2.53 bits per heavy atom. The number of sulfonamides is 1. The second-order valence-corrected chi connectivity index (χ2v) is 9.58. The highest BCUT2D eigenvalue weighted by atomic mass is 35.5. The summed E-state index contributed by atoms with van der Waals surface area (Å²) >= 11 is 6.21. The summed E-state index contributed by atoms with van der Waals surface area (Å²) in [5, 5.41) is 3.19. The van der Waals surface area contributed by atoms with Gasteiger partial charge < -0.3 is 10.1 Å². The normalized spacial score (nSPS) is 15.3. The molecule has 0 bridgehead atoms. The lowest BCUT2D eigenvalue weighted by atomic mass is 9.95. The maximum atomic E-state index is 13.3. The largest absolute Gasteiger partial charge is 0.379 e. The highest BCUT2D eigenvalue weighted by molar-refractivity contribution is 7.97. The highest BCUT2D eigenvalue weighted by Crippen LogP contribution is 2.43. The zero-order chi connectivity index (χ0) is 21.9. The van der Waals surface area contributed by atoms with Crippen molar-refractivity contribution in [3.63, 3.8) is 0 Å². The van der Waals surface area contributed by atoms with Crippen molar-refractivity contribution in [1.82, 2.24) is 5.32 Å². The van der Waals surface area contributed by atoms with E-state index < -0.39 is 15.9 Å². The number of fused-ring (bicyclic) bond motifs is 1. The van der Waals surface area contributed by atoms with Crippen LogP contribution in [-0.4, -0.2) is 40.6 Å². The van der Waals surface area contributed by atoms with Gasteiger partial charge in [-0.3, -0.25) is 9.10 Å². The number of halogens is 1. The molecule has 0 saturated carbocycles. The first-order chi connectivity index (χ1) is 14.2. The predicted octanol–water partition coefficient (Wildman–Crippen LogP) is 3.81. The molecule has 0 atom stereocenters. The number of hydrogen-bond donors (Lipinski definition) is 1. The number of ether oxygens (including phenoxy) is 1. The van der Waals surface area contributed by atoms with Crippen LogP contribution < -0.4 is 9.62 Å². The molecule has 0 unspecified atom stereocenters. The molecule has 1 amide bonds. The number of carbonyl (C=O) groups excluding carboxylic acids is 1. The minimum absolute atomic E-state index is 0.0988. The molecule has 2 aromatic rings. The van der Waals surface area contributed by atoms with Crippen LogP contribution in [0, 0.1) is 0 Å². The van der Waals surface area contributed by atoms with Gasteiger partial charge in [-0.15, -0.1) is 0 Å². The summed E-state index contributed by atoms with van der Waals surface area (Å²) in [6, 6.07) is 14.0. The first-order valence-corrected chi connectivity index (χ1v) is 11.5. The molecule has 2 aromatic carbocycles. The second-order valence-electron chi connectivity index (χ2n) is 7.23. The monoisotopic (exact) mass is 448 g/mol. The maximum absolute atomic E-state index is 13.3. The molecule has 1 N–H and O–H groups in total. The van der Waals surface area contributed by atoms with Crippen LogP contribution in [-0.2, 0) is 19.6 Å². The smallest absolute Gasteiger partial charge is 0.270 e. The van der Waals surface area contributed by atoms with E-state index in [2.05, 4.69) is 5.32 Å². The molecule has 0 aromatic heterocycles. The number of anilines is 1. The molecule has 0 saturated heterocycles. The third-order valence-corrected chi connectivity index (χ3v) is 6.80. The van der Waals surface area contributed by atoms with Gasteiger partial charge in [-0.05, 0) is 44.0 Å². The molecule has 3 rings (SSSR count). The zero-order valence-electron chi connectivity index (χ0n) is 17.2. The van der Waals surface area contributed by atoms with Crippen LogP contribution in [0.1, 0.15) is 31.4 Å². The van der Waals surface area contributed by atoms with Crippen molar-refractivity contribution in [1.29, 1.82) is 0 Å². The van der Waals surface area contributed by atoms with E-state index in [1.165, 1.54) is 7.05 Å². The van der Waals surface area contributed by atoms with E-state index in [-0.39, 0.29) is 11.0 Å². The van der Waals surface area contributed by atoms with E-state index in [9.17, 15) is 13.2 Å². The minimum atomic E-state index is -4.05. The summed E-state index contributed by atoms with van der Waals surface area (Å²) in [5.41, 5.74) is 2.05. The Hall–Kier alpha value is -2.35. The summed E-state index contributed by atoms with van der Waals surface area (Å²) in [6.07, 6.45) is 0.678. The summed E-state index contributed by atoms with van der Waals surface area (Å²) in [5.74, 6) is -0.643. The van der Waals surface area contributed by atoms with Crippen molar-refractivity contribution in [2.75, 3.05) is 24.5 Å². The molecule has 8 heteroatoms. The van der Waals surface area contributed by atoms with Gasteiger partial charge in [0.2, 0.25) is 0 Å². The van der Waals surface area contributed by atoms with E-state index in [1.807, 2.05) is 19.9 Å². The molecule has 30 heavy (non-hydrogen) atoms. The first kappa shape index (κ1) is 22.3. The van der Waals surface area contributed by atoms with Crippen molar-refractivity contribution in [3.05, 3.63) is 69.6 Å². The molecule has 160 valence electrons. The van der Waals surface area contributed by atoms with Gasteiger partial charge in [-0.2, -0.15) is 0 Å². The molecular formula is C22H25ClN2O4S. The van der Waals surface area contributed by atoms with Crippen molar-refractivity contribution < 1.29 is 17.9 Å². The van der Waals surface area contributed by atoms with E-state index in [4.69, 9.17) is 16.3 Å². The Bertz CT molecular complexity index is 1070. The lowest BCUT2D eigenvalue weighted by Gasteiger charge is -2.31. The van der Waals surface area contributed by atoms with Gasteiger partial charge in [0.25, 0.3) is 15.9 Å². The Labute approximate surface area is 182 Å². The average molecular weight is 449 g/mol. The van der Waals surface area contributed by atoms with Crippen LogP contribution in [0.5, 0.6) is 0 Å². The summed E-state index contributed by atoms with van der Waals surface area (Å²) < 4.78 is 33.2. The van der Waals surface area contributed by atoms with Gasteiger partial charge in [0.1, 0.15) is 0 Å². The van der Waals surface area contributed by atoms with Gasteiger partial charge in [0.15, 0.2) is 4.91 Å². The van der Waals surface area contributed by atoms with Crippen molar-refractivity contribution in [2.24, 2.45) is 0 Å². The van der Waals surface area contributed by atoms with Crippen LogP contribution >= 0.6 is 11.6 Å². The van der Waals surface area contributed by atoms with Gasteiger partial charge in [-0.1, -0.05) is 41.9 Å². The van der Waals surface area contributed by atoms with Crippen LogP contribution in [0.25, 0.3) is 5.57 Å². The Balaban J connectivity index is 2.07. The highest BCUT2D eigenvalue weighted by Gasteiger charge is 2.39. The molecule has 1 aliphatic rings. The van der Waals surface area contributed by atoms with E-state index >= 15 is 0 Å². The summed E-state index contributed by atoms with van der Waals surface area (Å²) in [4.78, 5) is 12.8. The molecule has 1 heterocycles. The fourth-order valence-corrected chi connectivity index (χ4v) is 4.95. The van der Waals surface area contributed by atoms with Gasteiger partial charge in [0, 0.05) is 36.4 Å². The Kier molecular flexibility index (Phi) is 6.85. The van der Waals surface area contributed by atoms with E-state index in [0.717, 1.165) is 4.31 Å². The number of nitrogens with zero attached hydrogens (tertiary/aromatic N) is 1. The SMILES string of the molecule is CC(C)OCCCNC(=O)C1=C(c2ccccc2)c2cc(Cl)ccc2N(C)S1(=O)=O. The molecule has 0 aliphatic carbocycles. The van der Waals surface area contributed by atoms with Crippen LogP contribution in [0.15, 0.2) is 53.4 Å². The maximum Gasteiger partial charge on any atom is 0.270 e. The quantitative estimate of drug-likeness (QED) is 0.653. The number of rotatable bonds is 7. The standard InChI is InChI=1S/C22H25ClN2O4S/c1-15(2)29-13-7-12-24-22(26)21-20(16-8-5-4-6-9-16)18-14-17(23)10-11-19(18)25(3)30(21,27)28/h4-6,8-11,14-15H,7,12-13H2,1-3H3,(H,24,26). The fraction of sp³-hybridized carbons (Fsp3) is 0.318. The third kappa shape index (κ3) is 4.53. The van der Waals surface area contributed by atoms with Gasteiger partial charge in [0.05, 0.1) is 11.8 Å². The van der Waals surface area contributed by atoms with Crippen molar-refractivity contribution in [3.8, 4) is 0 Å². The van der Waals surface area contributed by atoms with Crippen LogP contribution in [0.2, 0.25) is 5.02 Å². The van der Waals surface area contributed by atoms with E-state index in [1.54, 1.807) is 42.5 Å². The Morgan fingerprint density at radius 1 is 1.17 bits per heavy atom. The first-order valence-electron chi connectivity index (χ1n) is 9.72. The summed E-state index contributed by atoms with van der Waals surface area (Å²) in [7, 11) is -2.62. The molecular weight excluding hydrogens is 424 g/mol. The molecule has 6 nitrogen and oxygen atoms in total. The summed E-state index contributed by atoms with van der Waals surface area (Å²) in [6.45, 7) is 4.65. The predicted molar refractivity (Wildman–Crippen MR) is 120 cm³/mol. The van der Waals surface area contributed by atoms with Gasteiger partial charge >= 0.3 is 0 Å². The van der Waals surface area contributed by atoms with Gasteiger partial charge in [-0.25, -0.2) is 8.42 Å². The minimum Gasteiger partial charge on any atom is -0.379 e. The van der Waals surface area contributed by atoms with Crippen molar-refractivity contribution >= 4 is 38.8 Å². The molecule has 0 fully saturated rings. The average Bonchev–Trinajstić information content (AvgIpc) is 2.70. The topological polar surface area (TPSA) is 75.7 Å². The fourth-order valence-electron chi connectivity index (χ4n) is 3.30. The lowest BCUT2D eigenvalue weighted by molar-refractivity contribution is -0.116. The number of carbonyl (C=O) groups is 1. The second kappa shape index (κ2) is 9.20. The number of hydrogen-bond acceptors (Lipinski definition) is 4. The molecule has 1 aliphatic heterocycles. The lowest BCUT2D eigenvalue weighted by Crippen LogP contribution is -2.39. The van der Waals surface area contributed by atoms with E-state index in [0.29, 0.717) is 47.0 Å². The van der Waals surface area contributed by atoms with Crippen LogP contribution in [0.4, 0.5) is 5.69 Å².